The lowest BCUT2D eigenvalue weighted by Gasteiger charge is -2.24. The van der Waals surface area contributed by atoms with Gasteiger partial charge in [0.25, 0.3) is 0 Å². The lowest BCUT2D eigenvalue weighted by Crippen LogP contribution is -2.32. The van der Waals surface area contributed by atoms with Crippen molar-refractivity contribution in [3.8, 4) is 5.75 Å². The molecule has 0 bridgehead atoms. The standard InChI is InChI=1S/C16H19F3N4O/c17-16(18,19)10-24-15-5-3-13(4-6-15)8-22-7-1-2-14(22)9-23-12-20-11-21-23/h3-6,11-12,14H,1-2,7-10H2. The second-order valence-corrected chi connectivity index (χ2v) is 5.93. The number of ether oxygens (including phenoxy) is 1. The molecule has 1 aromatic carbocycles. The third-order valence-corrected chi connectivity index (χ3v) is 4.07. The maximum Gasteiger partial charge on any atom is 0.422 e. The van der Waals surface area contributed by atoms with Crippen molar-refractivity contribution in [3.63, 3.8) is 0 Å². The van der Waals surface area contributed by atoms with Crippen LogP contribution in [0, 0.1) is 0 Å². The zero-order valence-electron chi connectivity index (χ0n) is 13.1. The monoisotopic (exact) mass is 340 g/mol. The molecule has 1 fully saturated rings. The van der Waals surface area contributed by atoms with E-state index in [0.717, 1.165) is 38.0 Å². The van der Waals surface area contributed by atoms with E-state index in [1.807, 2.05) is 16.8 Å². The van der Waals surface area contributed by atoms with Crippen molar-refractivity contribution >= 4 is 0 Å². The minimum atomic E-state index is -4.32. The fourth-order valence-corrected chi connectivity index (χ4v) is 2.94. The number of nitrogens with zero attached hydrogens (tertiary/aromatic N) is 4. The van der Waals surface area contributed by atoms with Gasteiger partial charge in [0.15, 0.2) is 6.61 Å². The molecule has 1 aromatic heterocycles. The van der Waals surface area contributed by atoms with Gasteiger partial charge >= 0.3 is 6.18 Å². The zero-order valence-corrected chi connectivity index (χ0v) is 13.1. The van der Waals surface area contributed by atoms with Gasteiger partial charge in [-0.25, -0.2) is 4.98 Å². The Labute approximate surface area is 138 Å². The van der Waals surface area contributed by atoms with Crippen molar-refractivity contribution in [1.82, 2.24) is 19.7 Å². The molecular formula is C16H19F3N4O. The predicted octanol–water partition coefficient (Wildman–Crippen LogP) is 2.88. The summed E-state index contributed by atoms with van der Waals surface area (Å²) in [6, 6.07) is 7.20. The summed E-state index contributed by atoms with van der Waals surface area (Å²) in [5.74, 6) is 0.233. The molecule has 8 heteroatoms. The van der Waals surface area contributed by atoms with E-state index in [1.165, 1.54) is 6.33 Å². The van der Waals surface area contributed by atoms with Crippen LogP contribution in [-0.2, 0) is 13.1 Å². The average molecular weight is 340 g/mol. The molecule has 0 N–H and O–H groups in total. The van der Waals surface area contributed by atoms with Crippen LogP contribution in [0.2, 0.25) is 0 Å². The molecule has 0 aliphatic carbocycles. The summed E-state index contributed by atoms with van der Waals surface area (Å²) in [5, 5.41) is 4.14. The van der Waals surface area contributed by atoms with Crippen molar-refractivity contribution in [3.05, 3.63) is 42.5 Å². The molecule has 2 aromatic rings. The summed E-state index contributed by atoms with van der Waals surface area (Å²) in [7, 11) is 0. The van der Waals surface area contributed by atoms with Gasteiger partial charge in [-0.3, -0.25) is 9.58 Å². The molecule has 0 radical (unpaired) electrons. The summed E-state index contributed by atoms with van der Waals surface area (Å²) in [6.45, 7) is 1.30. The Hall–Kier alpha value is -2.09. The van der Waals surface area contributed by atoms with Crippen LogP contribution in [0.4, 0.5) is 13.2 Å². The van der Waals surface area contributed by atoms with E-state index in [2.05, 4.69) is 15.0 Å². The molecule has 2 heterocycles. The summed E-state index contributed by atoms with van der Waals surface area (Å²) in [4.78, 5) is 6.33. The van der Waals surface area contributed by atoms with Gasteiger partial charge in [0.1, 0.15) is 18.4 Å². The van der Waals surface area contributed by atoms with E-state index in [-0.39, 0.29) is 5.75 Å². The minimum absolute atomic E-state index is 0.233. The fraction of sp³-hybridized carbons (Fsp3) is 0.500. The first kappa shape index (κ1) is 16.8. The normalized spacial score (nSPS) is 18.9. The van der Waals surface area contributed by atoms with E-state index in [0.29, 0.717) is 6.04 Å². The lowest BCUT2D eigenvalue weighted by molar-refractivity contribution is -0.153. The SMILES string of the molecule is FC(F)(F)COc1ccc(CN2CCCC2Cn2cncn2)cc1. The van der Waals surface area contributed by atoms with Gasteiger partial charge in [-0.15, -0.1) is 0 Å². The predicted molar refractivity (Wildman–Crippen MR) is 81.4 cm³/mol. The first-order valence-electron chi connectivity index (χ1n) is 7.84. The third-order valence-electron chi connectivity index (χ3n) is 4.07. The van der Waals surface area contributed by atoms with Crippen molar-refractivity contribution in [1.29, 1.82) is 0 Å². The van der Waals surface area contributed by atoms with Gasteiger partial charge in [-0.1, -0.05) is 12.1 Å². The molecule has 0 amide bonds. The molecule has 1 aliphatic heterocycles. The Morgan fingerprint density at radius 3 is 2.67 bits per heavy atom. The second kappa shape index (κ2) is 7.21. The highest BCUT2D eigenvalue weighted by Gasteiger charge is 2.28. The van der Waals surface area contributed by atoms with Gasteiger partial charge in [-0.05, 0) is 37.1 Å². The van der Waals surface area contributed by atoms with E-state index in [4.69, 9.17) is 4.74 Å². The lowest BCUT2D eigenvalue weighted by atomic mass is 10.1. The number of hydrogen-bond acceptors (Lipinski definition) is 4. The Kier molecular flexibility index (Phi) is 5.03. The van der Waals surface area contributed by atoms with Crippen LogP contribution in [0.5, 0.6) is 5.75 Å². The van der Waals surface area contributed by atoms with Crippen molar-refractivity contribution < 1.29 is 17.9 Å². The summed E-state index contributed by atoms with van der Waals surface area (Å²) < 4.78 is 43.0. The van der Waals surface area contributed by atoms with Gasteiger partial charge in [0.05, 0.1) is 6.54 Å². The maximum atomic E-state index is 12.1. The van der Waals surface area contributed by atoms with E-state index >= 15 is 0 Å². The van der Waals surface area contributed by atoms with Crippen LogP contribution in [0.25, 0.3) is 0 Å². The van der Waals surface area contributed by atoms with E-state index in [1.54, 1.807) is 18.5 Å². The highest BCUT2D eigenvalue weighted by molar-refractivity contribution is 5.27. The first-order valence-corrected chi connectivity index (χ1v) is 7.84. The number of aromatic nitrogens is 3. The highest BCUT2D eigenvalue weighted by Crippen LogP contribution is 2.23. The first-order chi connectivity index (χ1) is 11.5. The van der Waals surface area contributed by atoms with Crippen molar-refractivity contribution in [2.75, 3.05) is 13.2 Å². The summed E-state index contributed by atoms with van der Waals surface area (Å²) >= 11 is 0. The molecule has 24 heavy (non-hydrogen) atoms. The summed E-state index contributed by atoms with van der Waals surface area (Å²) in [5.41, 5.74) is 1.06. The third kappa shape index (κ3) is 4.70. The smallest absolute Gasteiger partial charge is 0.422 e. The Morgan fingerprint density at radius 1 is 1.21 bits per heavy atom. The van der Waals surface area contributed by atoms with Crippen molar-refractivity contribution in [2.45, 2.75) is 38.1 Å². The number of likely N-dealkylation sites (tertiary alicyclic amines) is 1. The van der Waals surface area contributed by atoms with Gasteiger partial charge in [0, 0.05) is 12.6 Å². The highest BCUT2D eigenvalue weighted by atomic mass is 19.4. The van der Waals surface area contributed by atoms with Crippen LogP contribution < -0.4 is 4.74 Å². The molecule has 5 nitrogen and oxygen atoms in total. The second-order valence-electron chi connectivity index (χ2n) is 5.93. The molecule has 1 atom stereocenters. The quantitative estimate of drug-likeness (QED) is 0.811. The number of alkyl halides is 3. The van der Waals surface area contributed by atoms with Crippen LogP contribution in [0.3, 0.4) is 0 Å². The van der Waals surface area contributed by atoms with Gasteiger partial charge in [0.2, 0.25) is 0 Å². The average Bonchev–Trinajstić information content (AvgIpc) is 3.19. The Morgan fingerprint density at radius 2 is 2.00 bits per heavy atom. The topological polar surface area (TPSA) is 43.2 Å². The van der Waals surface area contributed by atoms with Gasteiger partial charge < -0.3 is 4.74 Å². The molecule has 1 unspecified atom stereocenters. The van der Waals surface area contributed by atoms with E-state index in [9.17, 15) is 13.2 Å². The van der Waals surface area contributed by atoms with Crippen LogP contribution in [0.1, 0.15) is 18.4 Å². The van der Waals surface area contributed by atoms with Gasteiger partial charge in [-0.2, -0.15) is 18.3 Å². The molecular weight excluding hydrogens is 321 g/mol. The molecule has 3 rings (SSSR count). The molecule has 1 aliphatic rings. The molecule has 0 saturated carbocycles. The number of hydrogen-bond donors (Lipinski definition) is 0. The van der Waals surface area contributed by atoms with Crippen LogP contribution >= 0.6 is 0 Å². The minimum Gasteiger partial charge on any atom is -0.484 e. The fourth-order valence-electron chi connectivity index (χ4n) is 2.94. The van der Waals surface area contributed by atoms with Crippen LogP contribution in [0.15, 0.2) is 36.9 Å². The Balaban J connectivity index is 1.55. The molecule has 0 spiro atoms. The number of rotatable bonds is 6. The molecule has 1 saturated heterocycles. The van der Waals surface area contributed by atoms with Crippen molar-refractivity contribution in [2.24, 2.45) is 0 Å². The molecule has 130 valence electrons. The largest absolute Gasteiger partial charge is 0.484 e. The maximum absolute atomic E-state index is 12.1. The van der Waals surface area contributed by atoms with E-state index < -0.39 is 12.8 Å². The number of benzene rings is 1. The number of halogens is 3. The zero-order chi connectivity index (χ0) is 17.0. The Bertz CT molecular complexity index is 628. The summed E-state index contributed by atoms with van der Waals surface area (Å²) in [6.07, 6.45) is 1.16. The van der Waals surface area contributed by atoms with Crippen LogP contribution in [-0.4, -0.2) is 45.0 Å².